The van der Waals surface area contributed by atoms with E-state index < -0.39 is 0 Å². The number of rotatable bonds is 7. The Bertz CT molecular complexity index is 2650. The summed E-state index contributed by atoms with van der Waals surface area (Å²) >= 11 is 0. The van der Waals surface area contributed by atoms with Gasteiger partial charge in [-0.3, -0.25) is 0 Å². The summed E-state index contributed by atoms with van der Waals surface area (Å²) in [5, 5.41) is 4.66. The first-order valence-corrected chi connectivity index (χ1v) is 17.9. The van der Waals surface area contributed by atoms with Gasteiger partial charge in [-0.2, -0.15) is 0 Å². The van der Waals surface area contributed by atoms with Crippen molar-refractivity contribution in [3.63, 3.8) is 0 Å². The first-order chi connectivity index (χ1) is 25.0. The molecular weight excluding hydrogens is 619 g/mol. The van der Waals surface area contributed by atoms with Gasteiger partial charge in [0.25, 0.3) is 0 Å². The zero-order valence-corrected chi connectivity index (χ0v) is 29.2. The predicted octanol–water partition coefficient (Wildman–Crippen LogP) is 13.6. The maximum Gasteiger partial charge on any atom is 0.136 e. The van der Waals surface area contributed by atoms with Gasteiger partial charge in [0.15, 0.2) is 0 Å². The van der Waals surface area contributed by atoms with Gasteiger partial charge in [0.1, 0.15) is 11.2 Å². The van der Waals surface area contributed by atoms with Gasteiger partial charge in [0, 0.05) is 33.1 Å². The van der Waals surface area contributed by atoms with Gasteiger partial charge < -0.3 is 9.32 Å². The van der Waals surface area contributed by atoms with Gasteiger partial charge in [-0.1, -0.05) is 135 Å². The average molecular weight is 658 g/mol. The van der Waals surface area contributed by atoms with E-state index in [0.717, 1.165) is 56.6 Å². The third-order valence-corrected chi connectivity index (χ3v) is 10.7. The third-order valence-electron chi connectivity index (χ3n) is 10.7. The molecule has 0 radical (unpaired) electrons. The summed E-state index contributed by atoms with van der Waals surface area (Å²) in [5.41, 5.74) is 14.4. The number of fused-ring (bicyclic) bond motifs is 7. The molecular formula is C49H39NO. The number of allylic oxidation sites excluding steroid dienone is 3. The lowest BCUT2D eigenvalue weighted by Crippen LogP contribution is -2.17. The number of para-hydroxylation sites is 2. The zero-order valence-electron chi connectivity index (χ0n) is 29.2. The summed E-state index contributed by atoms with van der Waals surface area (Å²) in [6.45, 7) is 6.86. The maximum absolute atomic E-state index is 6.37. The number of anilines is 2. The molecule has 2 nitrogen and oxygen atoms in total. The van der Waals surface area contributed by atoms with Crippen molar-refractivity contribution in [3.05, 3.63) is 192 Å². The Morgan fingerprint density at radius 1 is 0.627 bits per heavy atom. The standard InChI is InChI=1S/C49H39NO/c1-4-37(22-14-18-33-19-15-25-41-40-24-10-12-26-44(40)49(2,3)48(33)41)50(38-20-6-5-7-21-38)45-27-13-11-23-39(45)36-28-29-46-42(31-36)43-30-34-16-8-9-17-35(34)32-47(43)51-46/h4-17,19-32H,18H2,1-3H3/b22-14-,37-4+. The lowest BCUT2D eigenvalue weighted by Gasteiger charge is -2.29. The minimum Gasteiger partial charge on any atom is -0.456 e. The van der Waals surface area contributed by atoms with Crippen LogP contribution in [0.15, 0.2) is 180 Å². The number of nitrogens with zero attached hydrogens (tertiary/aromatic N) is 1. The molecule has 246 valence electrons. The summed E-state index contributed by atoms with van der Waals surface area (Å²) in [5.74, 6) is 0. The molecule has 0 amide bonds. The number of hydrogen-bond acceptors (Lipinski definition) is 2. The van der Waals surface area contributed by atoms with Crippen LogP contribution in [0.2, 0.25) is 0 Å². The summed E-state index contributed by atoms with van der Waals surface area (Å²) in [7, 11) is 0. The molecule has 2 heteroatoms. The second-order valence-electron chi connectivity index (χ2n) is 14.0. The van der Waals surface area contributed by atoms with Crippen molar-refractivity contribution in [1.82, 2.24) is 0 Å². The molecule has 0 atom stereocenters. The normalized spacial score (nSPS) is 13.7. The summed E-state index contributed by atoms with van der Waals surface area (Å²) in [4.78, 5) is 2.38. The molecule has 0 aliphatic heterocycles. The second-order valence-corrected chi connectivity index (χ2v) is 14.0. The van der Waals surface area contributed by atoms with Crippen LogP contribution in [0.4, 0.5) is 11.4 Å². The van der Waals surface area contributed by atoms with Gasteiger partial charge in [-0.05, 0) is 106 Å². The van der Waals surface area contributed by atoms with Crippen LogP contribution in [0.3, 0.4) is 0 Å². The fourth-order valence-corrected chi connectivity index (χ4v) is 8.28. The summed E-state index contributed by atoms with van der Waals surface area (Å²) < 4.78 is 6.37. The van der Waals surface area contributed by atoms with Crippen LogP contribution >= 0.6 is 0 Å². The highest BCUT2D eigenvalue weighted by Gasteiger charge is 2.36. The van der Waals surface area contributed by atoms with Crippen LogP contribution in [-0.2, 0) is 11.8 Å². The van der Waals surface area contributed by atoms with Crippen molar-refractivity contribution in [2.45, 2.75) is 32.6 Å². The van der Waals surface area contributed by atoms with Crippen LogP contribution in [0.5, 0.6) is 0 Å². The van der Waals surface area contributed by atoms with Gasteiger partial charge in [-0.15, -0.1) is 0 Å². The predicted molar refractivity (Wildman–Crippen MR) is 216 cm³/mol. The molecule has 1 heterocycles. The fourth-order valence-electron chi connectivity index (χ4n) is 8.28. The van der Waals surface area contributed by atoms with E-state index in [2.05, 4.69) is 196 Å². The van der Waals surface area contributed by atoms with Crippen LogP contribution in [0.1, 0.15) is 37.5 Å². The van der Waals surface area contributed by atoms with Gasteiger partial charge in [0.2, 0.25) is 0 Å². The Balaban J connectivity index is 1.11. The number of hydrogen-bond donors (Lipinski definition) is 0. The Morgan fingerprint density at radius 2 is 1.31 bits per heavy atom. The monoisotopic (exact) mass is 657 g/mol. The molecule has 8 aromatic rings. The van der Waals surface area contributed by atoms with E-state index in [1.165, 1.54) is 38.6 Å². The molecule has 1 aromatic heterocycles. The largest absolute Gasteiger partial charge is 0.456 e. The van der Waals surface area contributed by atoms with Crippen LogP contribution in [0.25, 0.3) is 55.0 Å². The lowest BCUT2D eigenvalue weighted by molar-refractivity contribution is 0.653. The van der Waals surface area contributed by atoms with Gasteiger partial charge in [-0.25, -0.2) is 0 Å². The van der Waals surface area contributed by atoms with Crippen molar-refractivity contribution >= 4 is 44.1 Å². The zero-order chi connectivity index (χ0) is 34.5. The van der Waals surface area contributed by atoms with Crippen molar-refractivity contribution < 1.29 is 4.42 Å². The van der Waals surface area contributed by atoms with E-state index in [0.29, 0.717) is 0 Å². The van der Waals surface area contributed by atoms with Crippen molar-refractivity contribution in [2.24, 2.45) is 0 Å². The Morgan fingerprint density at radius 3 is 2.14 bits per heavy atom. The number of benzene rings is 7. The van der Waals surface area contributed by atoms with Crippen LogP contribution in [0, 0.1) is 0 Å². The Labute approximate surface area is 299 Å². The quantitative estimate of drug-likeness (QED) is 0.159. The van der Waals surface area contributed by atoms with Gasteiger partial charge in [0.05, 0.1) is 5.69 Å². The highest BCUT2D eigenvalue weighted by atomic mass is 16.3. The molecule has 0 bridgehead atoms. The second kappa shape index (κ2) is 12.3. The minimum absolute atomic E-state index is 0.0384. The van der Waals surface area contributed by atoms with E-state index in [4.69, 9.17) is 4.42 Å². The third kappa shape index (κ3) is 5.18. The highest BCUT2D eigenvalue weighted by molar-refractivity contribution is 6.11. The molecule has 0 unspecified atom stereocenters. The molecule has 7 aromatic carbocycles. The van der Waals surface area contributed by atoms with Crippen molar-refractivity contribution in [2.75, 3.05) is 4.90 Å². The lowest BCUT2D eigenvalue weighted by atomic mass is 9.79. The van der Waals surface area contributed by atoms with E-state index in [1.807, 2.05) is 0 Å². The Hall–Kier alpha value is -6.12. The first-order valence-electron chi connectivity index (χ1n) is 17.9. The van der Waals surface area contributed by atoms with E-state index in [1.54, 1.807) is 0 Å². The molecule has 9 rings (SSSR count). The highest BCUT2D eigenvalue weighted by Crippen LogP contribution is 2.50. The smallest absolute Gasteiger partial charge is 0.136 e. The molecule has 1 aliphatic carbocycles. The topological polar surface area (TPSA) is 16.4 Å². The van der Waals surface area contributed by atoms with Crippen LogP contribution < -0.4 is 4.90 Å². The molecule has 0 saturated heterocycles. The van der Waals surface area contributed by atoms with Crippen molar-refractivity contribution in [3.8, 4) is 22.3 Å². The Kier molecular flexibility index (Phi) is 7.47. The van der Waals surface area contributed by atoms with E-state index in [-0.39, 0.29) is 5.41 Å². The van der Waals surface area contributed by atoms with Gasteiger partial charge >= 0.3 is 0 Å². The molecule has 1 aliphatic rings. The van der Waals surface area contributed by atoms with Crippen LogP contribution in [-0.4, -0.2) is 0 Å². The fraction of sp³-hybridized carbons (Fsp3) is 0.102. The maximum atomic E-state index is 6.37. The minimum atomic E-state index is -0.0384. The summed E-state index contributed by atoms with van der Waals surface area (Å²) in [6, 6.07) is 54.6. The molecule has 0 saturated carbocycles. The van der Waals surface area contributed by atoms with E-state index >= 15 is 0 Å². The molecule has 0 N–H and O–H groups in total. The first kappa shape index (κ1) is 30.9. The van der Waals surface area contributed by atoms with E-state index in [9.17, 15) is 0 Å². The molecule has 51 heavy (non-hydrogen) atoms. The molecule has 0 spiro atoms. The SMILES string of the molecule is C/C=C(\C=C/Cc1cccc2c1C(C)(C)c1ccccc1-2)N(c1ccccc1)c1ccccc1-c1ccc2oc3cc4ccccc4cc3c2c1. The average Bonchev–Trinajstić information content (AvgIpc) is 3.64. The summed E-state index contributed by atoms with van der Waals surface area (Å²) in [6.07, 6.45) is 7.68. The number of furan rings is 1. The molecule has 0 fully saturated rings. The van der Waals surface area contributed by atoms with Crippen molar-refractivity contribution in [1.29, 1.82) is 0 Å².